The maximum absolute atomic E-state index is 11.7. The highest BCUT2D eigenvalue weighted by atomic mass is 79.9. The first-order valence-corrected chi connectivity index (χ1v) is 7.70. The maximum Gasteiger partial charge on any atom is 0.234 e. The summed E-state index contributed by atoms with van der Waals surface area (Å²) in [6.07, 6.45) is 1.69. The van der Waals surface area contributed by atoms with Crippen molar-refractivity contribution in [3.63, 3.8) is 0 Å². The molecule has 5 heteroatoms. The van der Waals surface area contributed by atoms with Gasteiger partial charge in [0.2, 0.25) is 5.91 Å². The fourth-order valence-corrected chi connectivity index (χ4v) is 2.95. The molecule has 0 radical (unpaired) electrons. The molecule has 1 heterocycles. The van der Waals surface area contributed by atoms with Crippen LogP contribution in [0.2, 0.25) is 0 Å². The van der Waals surface area contributed by atoms with Crippen LogP contribution in [0.5, 0.6) is 0 Å². The van der Waals surface area contributed by atoms with E-state index in [9.17, 15) is 9.00 Å². The van der Waals surface area contributed by atoms with Crippen LogP contribution in [0, 0.1) is 5.92 Å². The molecule has 3 nitrogen and oxygen atoms in total. The Balaban J connectivity index is 2.35. The molecule has 1 N–H and O–H groups in total. The van der Waals surface area contributed by atoms with Crippen LogP contribution >= 0.6 is 15.9 Å². The van der Waals surface area contributed by atoms with Gasteiger partial charge in [0.15, 0.2) is 0 Å². The Morgan fingerprint density at radius 3 is 2.40 bits per heavy atom. The van der Waals surface area contributed by atoms with Gasteiger partial charge in [-0.05, 0) is 18.8 Å². The Morgan fingerprint density at radius 2 is 1.93 bits per heavy atom. The van der Waals surface area contributed by atoms with Crippen LogP contribution in [-0.4, -0.2) is 32.5 Å². The molecule has 1 unspecified atom stereocenters. The van der Waals surface area contributed by atoms with Crippen LogP contribution in [0.4, 0.5) is 0 Å². The molecule has 1 fully saturated rings. The van der Waals surface area contributed by atoms with Crippen molar-refractivity contribution in [1.29, 1.82) is 0 Å². The third kappa shape index (κ3) is 4.23. The smallest absolute Gasteiger partial charge is 0.234 e. The molecule has 0 aliphatic carbocycles. The third-order valence-electron chi connectivity index (χ3n) is 2.57. The van der Waals surface area contributed by atoms with E-state index in [2.05, 4.69) is 21.2 Å². The first kappa shape index (κ1) is 13.2. The quantitative estimate of drug-likeness (QED) is 0.801. The number of alkyl halides is 1. The highest BCUT2D eigenvalue weighted by Gasteiger charge is 2.24. The summed E-state index contributed by atoms with van der Waals surface area (Å²) in [5, 5.41) is 3.00. The molecule has 0 aromatic rings. The molecule has 1 aliphatic heterocycles. The van der Waals surface area contributed by atoms with Crippen molar-refractivity contribution in [3.05, 3.63) is 0 Å². The zero-order valence-electron chi connectivity index (χ0n) is 9.16. The standard InChI is InChI=1S/C10H18BrNO2S/c1-7(2)9(11)10(13)12-8-3-5-15(14)6-4-8/h7-9H,3-6H2,1-2H3,(H,12,13). The topological polar surface area (TPSA) is 46.2 Å². The lowest BCUT2D eigenvalue weighted by Crippen LogP contribution is -2.43. The molecular weight excluding hydrogens is 278 g/mol. The normalized spacial score (nSPS) is 28.8. The van der Waals surface area contributed by atoms with Gasteiger partial charge in [-0.3, -0.25) is 9.00 Å². The number of carbonyl (C=O) groups is 1. The summed E-state index contributed by atoms with van der Waals surface area (Å²) in [4.78, 5) is 11.6. The number of halogens is 1. The van der Waals surface area contributed by atoms with Gasteiger partial charge in [0.05, 0.1) is 4.83 Å². The van der Waals surface area contributed by atoms with E-state index in [1.165, 1.54) is 0 Å². The lowest BCUT2D eigenvalue weighted by atomic mass is 10.1. The molecule has 1 saturated heterocycles. The predicted octanol–water partition coefficient (Wildman–Crippen LogP) is 1.43. The monoisotopic (exact) mass is 295 g/mol. The summed E-state index contributed by atoms with van der Waals surface area (Å²) < 4.78 is 11.1. The Labute approximate surface area is 102 Å². The first-order chi connectivity index (χ1) is 7.00. The van der Waals surface area contributed by atoms with Crippen molar-refractivity contribution in [3.8, 4) is 0 Å². The highest BCUT2D eigenvalue weighted by molar-refractivity contribution is 9.10. The number of rotatable bonds is 3. The first-order valence-electron chi connectivity index (χ1n) is 5.30. The summed E-state index contributed by atoms with van der Waals surface area (Å²) in [5.41, 5.74) is 0. The molecule has 88 valence electrons. The zero-order chi connectivity index (χ0) is 11.4. The summed E-state index contributed by atoms with van der Waals surface area (Å²) in [5.74, 6) is 1.80. The van der Waals surface area contributed by atoms with Gasteiger partial charge in [-0.25, -0.2) is 0 Å². The Morgan fingerprint density at radius 1 is 1.40 bits per heavy atom. The van der Waals surface area contributed by atoms with E-state index in [4.69, 9.17) is 0 Å². The van der Waals surface area contributed by atoms with E-state index in [1.807, 2.05) is 13.8 Å². The molecular formula is C10H18BrNO2S. The number of amides is 1. The average molecular weight is 296 g/mol. The van der Waals surface area contributed by atoms with E-state index in [1.54, 1.807) is 0 Å². The van der Waals surface area contributed by atoms with Gasteiger partial charge in [0, 0.05) is 28.3 Å². The molecule has 1 rings (SSSR count). The number of hydrogen-bond donors (Lipinski definition) is 1. The highest BCUT2D eigenvalue weighted by Crippen LogP contribution is 2.14. The Hall–Kier alpha value is 0.1000. The molecule has 1 aliphatic rings. The lowest BCUT2D eigenvalue weighted by Gasteiger charge is -2.24. The second kappa shape index (κ2) is 5.99. The largest absolute Gasteiger partial charge is 0.352 e. The fraction of sp³-hybridized carbons (Fsp3) is 0.900. The summed E-state index contributed by atoms with van der Waals surface area (Å²) in [6, 6.07) is 0.217. The van der Waals surface area contributed by atoms with Crippen molar-refractivity contribution in [2.45, 2.75) is 37.6 Å². The molecule has 0 spiro atoms. The van der Waals surface area contributed by atoms with Gasteiger partial charge in [-0.15, -0.1) is 0 Å². The number of hydrogen-bond acceptors (Lipinski definition) is 2. The van der Waals surface area contributed by atoms with Crippen LogP contribution in [0.1, 0.15) is 26.7 Å². The predicted molar refractivity (Wildman–Crippen MR) is 66.6 cm³/mol. The summed E-state index contributed by atoms with van der Waals surface area (Å²) in [6.45, 7) is 4.02. The number of nitrogens with one attached hydrogen (secondary N) is 1. The Kier molecular flexibility index (Phi) is 5.26. The lowest BCUT2D eigenvalue weighted by molar-refractivity contribution is -0.121. The second-order valence-electron chi connectivity index (χ2n) is 4.28. The Bertz CT molecular complexity index is 248. The van der Waals surface area contributed by atoms with Gasteiger partial charge in [0.1, 0.15) is 0 Å². The maximum atomic E-state index is 11.7. The van der Waals surface area contributed by atoms with E-state index in [0.717, 1.165) is 24.3 Å². The average Bonchev–Trinajstić information content (AvgIpc) is 2.20. The minimum atomic E-state index is -0.658. The van der Waals surface area contributed by atoms with Crippen molar-refractivity contribution >= 4 is 32.6 Å². The van der Waals surface area contributed by atoms with E-state index >= 15 is 0 Å². The van der Waals surface area contributed by atoms with Gasteiger partial charge < -0.3 is 5.32 Å². The van der Waals surface area contributed by atoms with Crippen molar-refractivity contribution in [2.75, 3.05) is 11.5 Å². The van der Waals surface area contributed by atoms with Crippen LogP contribution in [0.15, 0.2) is 0 Å². The minimum absolute atomic E-state index is 0.0580. The molecule has 0 aromatic heterocycles. The summed E-state index contributed by atoms with van der Waals surface area (Å²) >= 11 is 3.37. The summed E-state index contributed by atoms with van der Waals surface area (Å²) in [7, 11) is -0.658. The molecule has 1 amide bonds. The van der Waals surface area contributed by atoms with E-state index in [-0.39, 0.29) is 16.8 Å². The molecule has 0 bridgehead atoms. The third-order valence-corrected chi connectivity index (χ3v) is 5.43. The number of carbonyl (C=O) groups excluding carboxylic acids is 1. The van der Waals surface area contributed by atoms with E-state index in [0.29, 0.717) is 5.92 Å². The van der Waals surface area contributed by atoms with Crippen molar-refractivity contribution < 1.29 is 9.00 Å². The van der Waals surface area contributed by atoms with Gasteiger partial charge in [0.25, 0.3) is 0 Å². The van der Waals surface area contributed by atoms with Gasteiger partial charge in [-0.1, -0.05) is 29.8 Å². The van der Waals surface area contributed by atoms with Crippen molar-refractivity contribution in [2.24, 2.45) is 5.92 Å². The molecule has 0 saturated carbocycles. The van der Waals surface area contributed by atoms with Gasteiger partial charge in [-0.2, -0.15) is 0 Å². The minimum Gasteiger partial charge on any atom is -0.352 e. The van der Waals surface area contributed by atoms with Crippen LogP contribution in [0.25, 0.3) is 0 Å². The molecule has 0 aromatic carbocycles. The second-order valence-corrected chi connectivity index (χ2v) is 6.96. The van der Waals surface area contributed by atoms with Crippen LogP contribution in [-0.2, 0) is 15.6 Å². The molecule has 1 atom stereocenters. The zero-order valence-corrected chi connectivity index (χ0v) is 11.6. The van der Waals surface area contributed by atoms with Crippen LogP contribution in [0.3, 0.4) is 0 Å². The van der Waals surface area contributed by atoms with Gasteiger partial charge >= 0.3 is 0 Å². The van der Waals surface area contributed by atoms with E-state index < -0.39 is 10.8 Å². The van der Waals surface area contributed by atoms with Crippen molar-refractivity contribution in [1.82, 2.24) is 5.32 Å². The molecule has 15 heavy (non-hydrogen) atoms. The van der Waals surface area contributed by atoms with Crippen LogP contribution < -0.4 is 5.32 Å². The SMILES string of the molecule is CC(C)C(Br)C(=O)NC1CCS(=O)CC1. The fourth-order valence-electron chi connectivity index (χ4n) is 1.52.